The van der Waals surface area contributed by atoms with Crippen molar-refractivity contribution in [1.82, 2.24) is 14.5 Å². The van der Waals surface area contributed by atoms with Crippen molar-refractivity contribution in [2.24, 2.45) is 0 Å². The van der Waals surface area contributed by atoms with Crippen LogP contribution in [-0.2, 0) is 38.8 Å². The molecular weight excluding hydrogens is 414 g/mol. The Balaban J connectivity index is 1.24. The summed E-state index contributed by atoms with van der Waals surface area (Å²) in [6.07, 6.45) is 6.88. The van der Waals surface area contributed by atoms with Crippen molar-refractivity contribution in [3.8, 4) is 0 Å². The summed E-state index contributed by atoms with van der Waals surface area (Å²) in [5, 5.41) is 0.878. The van der Waals surface area contributed by atoms with E-state index in [1.165, 1.54) is 27.1 Å². The molecule has 0 amide bonds. The standard InChI is InChI=1S/C27H27N3OS/c31-27-25-23-11-10-22(29-15-13-20-8-4-5-9-21(20)17-29)16-24(23)32-26(25)28-18-30(27)14-12-19-6-2-1-3-7-19/h1-9,18,22H,10-17H2. The Kier molecular flexibility index (Phi) is 5.16. The van der Waals surface area contributed by atoms with E-state index in [0.717, 1.165) is 55.4 Å². The molecule has 0 radical (unpaired) electrons. The molecule has 2 aromatic carbocycles. The number of rotatable bonds is 4. The highest BCUT2D eigenvalue weighted by Crippen LogP contribution is 2.36. The minimum atomic E-state index is 0.133. The molecule has 0 saturated carbocycles. The average Bonchev–Trinajstić information content (AvgIpc) is 3.22. The number of benzene rings is 2. The van der Waals surface area contributed by atoms with Crippen molar-refractivity contribution in [3.05, 3.63) is 98.4 Å². The Bertz CT molecular complexity index is 1320. The monoisotopic (exact) mass is 441 g/mol. The number of fused-ring (bicyclic) bond motifs is 4. The molecule has 6 rings (SSSR count). The van der Waals surface area contributed by atoms with Crippen LogP contribution in [0.4, 0.5) is 0 Å². The predicted molar refractivity (Wildman–Crippen MR) is 130 cm³/mol. The second-order valence-electron chi connectivity index (χ2n) is 9.05. The summed E-state index contributed by atoms with van der Waals surface area (Å²) in [4.78, 5) is 23.0. The number of aryl methyl sites for hydroxylation is 3. The van der Waals surface area contributed by atoms with Gasteiger partial charge in [0.1, 0.15) is 4.83 Å². The van der Waals surface area contributed by atoms with Gasteiger partial charge in [0.05, 0.1) is 11.7 Å². The smallest absolute Gasteiger partial charge is 0.262 e. The highest BCUT2D eigenvalue weighted by Gasteiger charge is 2.30. The summed E-state index contributed by atoms with van der Waals surface area (Å²) in [6, 6.07) is 19.8. The van der Waals surface area contributed by atoms with Crippen molar-refractivity contribution in [3.63, 3.8) is 0 Å². The molecule has 32 heavy (non-hydrogen) atoms. The van der Waals surface area contributed by atoms with Crippen LogP contribution in [0.3, 0.4) is 0 Å². The number of nitrogens with zero attached hydrogens (tertiary/aromatic N) is 3. The minimum Gasteiger partial charge on any atom is -0.298 e. The fraction of sp³-hybridized carbons (Fsp3) is 0.333. The number of hydrogen-bond acceptors (Lipinski definition) is 4. The van der Waals surface area contributed by atoms with Gasteiger partial charge in [0, 0.05) is 30.6 Å². The molecule has 0 saturated heterocycles. The third-order valence-electron chi connectivity index (χ3n) is 7.17. The Morgan fingerprint density at radius 3 is 2.69 bits per heavy atom. The van der Waals surface area contributed by atoms with Crippen molar-refractivity contribution >= 4 is 21.6 Å². The third kappa shape index (κ3) is 3.59. The molecule has 1 aliphatic carbocycles. The van der Waals surface area contributed by atoms with E-state index in [2.05, 4.69) is 41.3 Å². The quantitative estimate of drug-likeness (QED) is 0.464. The van der Waals surface area contributed by atoms with Gasteiger partial charge in [-0.25, -0.2) is 4.98 Å². The fourth-order valence-corrected chi connectivity index (χ4v) is 6.63. The van der Waals surface area contributed by atoms with Gasteiger partial charge in [0.25, 0.3) is 5.56 Å². The molecule has 1 atom stereocenters. The summed E-state index contributed by atoms with van der Waals surface area (Å²) in [7, 11) is 0. The molecule has 162 valence electrons. The predicted octanol–water partition coefficient (Wildman–Crippen LogP) is 4.62. The maximum absolute atomic E-state index is 13.3. The SMILES string of the molecule is O=c1c2c3c(sc2ncn1CCc1ccccc1)CC(N1CCc2ccccc2C1)CC3. The van der Waals surface area contributed by atoms with Crippen LogP contribution in [0, 0.1) is 0 Å². The van der Waals surface area contributed by atoms with E-state index in [4.69, 9.17) is 4.98 Å². The molecule has 0 bridgehead atoms. The lowest BCUT2D eigenvalue weighted by molar-refractivity contribution is 0.164. The molecule has 0 spiro atoms. The number of thiophene rings is 1. The molecule has 0 N–H and O–H groups in total. The van der Waals surface area contributed by atoms with Gasteiger partial charge in [0.2, 0.25) is 0 Å². The van der Waals surface area contributed by atoms with Gasteiger partial charge in [-0.1, -0.05) is 54.6 Å². The molecule has 1 unspecified atom stereocenters. The van der Waals surface area contributed by atoms with Crippen LogP contribution in [-0.4, -0.2) is 27.0 Å². The topological polar surface area (TPSA) is 38.1 Å². The van der Waals surface area contributed by atoms with E-state index in [1.54, 1.807) is 22.2 Å². The zero-order chi connectivity index (χ0) is 21.5. The molecule has 1 aliphatic heterocycles. The molecule has 3 heterocycles. The number of aromatic nitrogens is 2. The van der Waals surface area contributed by atoms with Crippen LogP contribution >= 0.6 is 11.3 Å². The van der Waals surface area contributed by atoms with Crippen molar-refractivity contribution in [1.29, 1.82) is 0 Å². The largest absolute Gasteiger partial charge is 0.298 e. The normalized spacial score (nSPS) is 18.4. The Morgan fingerprint density at radius 1 is 1.00 bits per heavy atom. The van der Waals surface area contributed by atoms with Gasteiger partial charge >= 0.3 is 0 Å². The minimum absolute atomic E-state index is 0.133. The zero-order valence-corrected chi connectivity index (χ0v) is 19.0. The Morgan fingerprint density at radius 2 is 1.81 bits per heavy atom. The maximum atomic E-state index is 13.3. The molecule has 4 aromatic rings. The first kappa shape index (κ1) is 19.9. The highest BCUT2D eigenvalue weighted by molar-refractivity contribution is 7.18. The summed E-state index contributed by atoms with van der Waals surface area (Å²) in [5.74, 6) is 0. The van der Waals surface area contributed by atoms with Gasteiger partial charge in [-0.3, -0.25) is 14.3 Å². The second kappa shape index (κ2) is 8.30. The van der Waals surface area contributed by atoms with Crippen LogP contribution in [0.25, 0.3) is 10.2 Å². The van der Waals surface area contributed by atoms with Gasteiger partial charge in [-0.2, -0.15) is 0 Å². The lowest BCUT2D eigenvalue weighted by Crippen LogP contribution is -2.42. The summed E-state index contributed by atoms with van der Waals surface area (Å²) in [6.45, 7) is 2.85. The Hall–Kier alpha value is -2.76. The fourth-order valence-electron chi connectivity index (χ4n) is 5.38. The van der Waals surface area contributed by atoms with E-state index in [0.29, 0.717) is 12.6 Å². The highest BCUT2D eigenvalue weighted by atomic mass is 32.1. The number of hydrogen-bond donors (Lipinski definition) is 0. The summed E-state index contributed by atoms with van der Waals surface area (Å²) in [5.41, 5.74) is 5.63. The van der Waals surface area contributed by atoms with Gasteiger partial charge in [0.15, 0.2) is 0 Å². The zero-order valence-electron chi connectivity index (χ0n) is 18.2. The van der Waals surface area contributed by atoms with Gasteiger partial charge in [-0.05, 0) is 54.4 Å². The third-order valence-corrected chi connectivity index (χ3v) is 8.33. The Labute approximate surface area is 192 Å². The van der Waals surface area contributed by atoms with E-state index >= 15 is 0 Å². The molecule has 0 fully saturated rings. The molecule has 2 aromatic heterocycles. The van der Waals surface area contributed by atoms with Crippen molar-refractivity contribution in [2.75, 3.05) is 6.54 Å². The van der Waals surface area contributed by atoms with E-state index in [9.17, 15) is 4.79 Å². The molecule has 4 nitrogen and oxygen atoms in total. The summed E-state index contributed by atoms with van der Waals surface area (Å²) >= 11 is 1.74. The first-order valence-electron chi connectivity index (χ1n) is 11.6. The average molecular weight is 442 g/mol. The first-order valence-corrected chi connectivity index (χ1v) is 12.4. The van der Waals surface area contributed by atoms with Gasteiger partial charge in [-0.15, -0.1) is 11.3 Å². The van der Waals surface area contributed by atoms with Crippen LogP contribution < -0.4 is 5.56 Å². The van der Waals surface area contributed by atoms with Crippen molar-refractivity contribution in [2.45, 2.75) is 51.2 Å². The van der Waals surface area contributed by atoms with E-state index in [1.807, 2.05) is 18.2 Å². The van der Waals surface area contributed by atoms with Crippen molar-refractivity contribution < 1.29 is 0 Å². The van der Waals surface area contributed by atoms with Crippen LogP contribution in [0.15, 0.2) is 65.7 Å². The lowest BCUT2D eigenvalue weighted by atomic mass is 9.90. The van der Waals surface area contributed by atoms with Gasteiger partial charge < -0.3 is 0 Å². The van der Waals surface area contributed by atoms with Crippen LogP contribution in [0.2, 0.25) is 0 Å². The van der Waals surface area contributed by atoms with E-state index in [-0.39, 0.29) is 5.56 Å². The maximum Gasteiger partial charge on any atom is 0.262 e. The summed E-state index contributed by atoms with van der Waals surface area (Å²) < 4.78 is 1.80. The molecule has 5 heteroatoms. The molecular formula is C27H27N3OS. The van der Waals surface area contributed by atoms with E-state index < -0.39 is 0 Å². The lowest BCUT2D eigenvalue weighted by Gasteiger charge is -2.37. The second-order valence-corrected chi connectivity index (χ2v) is 10.1. The first-order chi connectivity index (χ1) is 15.8. The molecule has 2 aliphatic rings. The van der Waals surface area contributed by atoms with Crippen LogP contribution in [0.1, 0.15) is 33.6 Å². The van der Waals surface area contributed by atoms with Crippen LogP contribution in [0.5, 0.6) is 0 Å².